The molecular formula is C16H25FN2. The van der Waals surface area contributed by atoms with Gasteiger partial charge >= 0.3 is 0 Å². The molecule has 2 atom stereocenters. The fourth-order valence-electron chi connectivity index (χ4n) is 3.10. The van der Waals surface area contributed by atoms with Gasteiger partial charge in [-0.3, -0.25) is 0 Å². The molecule has 2 nitrogen and oxygen atoms in total. The molecule has 1 aliphatic heterocycles. The van der Waals surface area contributed by atoms with Crippen LogP contribution in [0.3, 0.4) is 0 Å². The maximum atomic E-state index is 14.3. The number of nitrogens with zero attached hydrogens (tertiary/aromatic N) is 1. The van der Waals surface area contributed by atoms with Crippen LogP contribution in [-0.4, -0.2) is 12.6 Å². The van der Waals surface area contributed by atoms with Crippen molar-refractivity contribution in [3.05, 3.63) is 29.6 Å². The van der Waals surface area contributed by atoms with Gasteiger partial charge in [-0.25, -0.2) is 4.39 Å². The van der Waals surface area contributed by atoms with Crippen LogP contribution in [0.5, 0.6) is 0 Å². The Labute approximate surface area is 115 Å². The highest BCUT2D eigenvalue weighted by molar-refractivity contribution is 5.57. The molecule has 2 rings (SSSR count). The molecule has 0 saturated carbocycles. The Morgan fingerprint density at radius 3 is 2.84 bits per heavy atom. The summed E-state index contributed by atoms with van der Waals surface area (Å²) in [7, 11) is 0. The van der Waals surface area contributed by atoms with Gasteiger partial charge in [0.15, 0.2) is 0 Å². The third-order valence-corrected chi connectivity index (χ3v) is 4.14. The fraction of sp³-hybridized carbons (Fsp3) is 0.625. The number of rotatable bonds is 3. The Kier molecular flexibility index (Phi) is 4.81. The second-order valence-electron chi connectivity index (χ2n) is 5.57. The SMILES string of the molecule is CCC1CCCCCN1c1c(F)cccc1[C@H](C)N. The minimum Gasteiger partial charge on any atom is -0.366 e. The first-order valence-corrected chi connectivity index (χ1v) is 7.45. The lowest BCUT2D eigenvalue weighted by atomic mass is 10.0. The summed E-state index contributed by atoms with van der Waals surface area (Å²) >= 11 is 0. The summed E-state index contributed by atoms with van der Waals surface area (Å²) in [4.78, 5) is 2.26. The first-order valence-electron chi connectivity index (χ1n) is 7.45. The predicted molar refractivity (Wildman–Crippen MR) is 78.9 cm³/mol. The molecular weight excluding hydrogens is 239 g/mol. The van der Waals surface area contributed by atoms with Gasteiger partial charge in [0.25, 0.3) is 0 Å². The summed E-state index contributed by atoms with van der Waals surface area (Å²) in [5.74, 6) is -0.129. The lowest BCUT2D eigenvalue weighted by Crippen LogP contribution is -2.36. The van der Waals surface area contributed by atoms with Crippen molar-refractivity contribution in [3.63, 3.8) is 0 Å². The number of para-hydroxylation sites is 1. The van der Waals surface area contributed by atoms with E-state index in [4.69, 9.17) is 5.73 Å². The zero-order valence-corrected chi connectivity index (χ0v) is 12.0. The molecule has 0 spiro atoms. The van der Waals surface area contributed by atoms with E-state index < -0.39 is 0 Å². The molecule has 19 heavy (non-hydrogen) atoms. The molecule has 1 aromatic rings. The lowest BCUT2D eigenvalue weighted by Gasteiger charge is -2.34. The van der Waals surface area contributed by atoms with E-state index in [0.717, 1.165) is 37.1 Å². The van der Waals surface area contributed by atoms with Gasteiger partial charge in [0.1, 0.15) is 5.82 Å². The molecule has 0 bridgehead atoms. The normalized spacial score (nSPS) is 22.1. The van der Waals surface area contributed by atoms with Gasteiger partial charge in [0.2, 0.25) is 0 Å². The van der Waals surface area contributed by atoms with Crippen LogP contribution in [0.1, 0.15) is 57.6 Å². The Balaban J connectivity index is 2.42. The molecule has 1 heterocycles. The summed E-state index contributed by atoms with van der Waals surface area (Å²) in [6.45, 7) is 5.06. The number of anilines is 1. The van der Waals surface area contributed by atoms with Gasteiger partial charge < -0.3 is 10.6 Å². The Morgan fingerprint density at radius 2 is 2.16 bits per heavy atom. The average Bonchev–Trinajstić information content (AvgIpc) is 2.63. The zero-order chi connectivity index (χ0) is 13.8. The molecule has 1 saturated heterocycles. The van der Waals surface area contributed by atoms with Gasteiger partial charge in [0.05, 0.1) is 5.69 Å². The maximum absolute atomic E-state index is 14.3. The Hall–Kier alpha value is -1.09. The number of halogens is 1. The molecule has 0 aliphatic carbocycles. The third-order valence-electron chi connectivity index (χ3n) is 4.14. The summed E-state index contributed by atoms with van der Waals surface area (Å²) < 4.78 is 14.3. The fourth-order valence-corrected chi connectivity index (χ4v) is 3.10. The van der Waals surface area contributed by atoms with E-state index in [1.54, 1.807) is 12.1 Å². The highest BCUT2D eigenvalue weighted by Crippen LogP contribution is 2.33. The summed E-state index contributed by atoms with van der Waals surface area (Å²) in [6, 6.07) is 5.58. The van der Waals surface area contributed by atoms with E-state index in [2.05, 4.69) is 11.8 Å². The first kappa shape index (κ1) is 14.3. The van der Waals surface area contributed by atoms with Crippen LogP contribution in [-0.2, 0) is 0 Å². The molecule has 3 heteroatoms. The van der Waals surface area contributed by atoms with Crippen molar-refractivity contribution in [2.24, 2.45) is 5.73 Å². The quantitative estimate of drug-likeness (QED) is 0.894. The van der Waals surface area contributed by atoms with E-state index in [0.29, 0.717) is 6.04 Å². The van der Waals surface area contributed by atoms with Crippen LogP contribution in [0.15, 0.2) is 18.2 Å². The highest BCUT2D eigenvalue weighted by Gasteiger charge is 2.25. The molecule has 1 unspecified atom stereocenters. The molecule has 106 valence electrons. The largest absolute Gasteiger partial charge is 0.366 e. The van der Waals surface area contributed by atoms with Crippen molar-refractivity contribution in [2.45, 2.75) is 58.0 Å². The predicted octanol–water partition coefficient (Wildman–Crippen LogP) is 4.00. The van der Waals surface area contributed by atoms with Crippen LogP contribution in [0.25, 0.3) is 0 Å². The number of nitrogens with two attached hydrogens (primary N) is 1. The van der Waals surface area contributed by atoms with Crippen molar-refractivity contribution >= 4 is 5.69 Å². The van der Waals surface area contributed by atoms with E-state index in [1.165, 1.54) is 12.8 Å². The third kappa shape index (κ3) is 3.08. The minimum atomic E-state index is -0.133. The molecule has 0 radical (unpaired) electrons. The van der Waals surface area contributed by atoms with E-state index >= 15 is 0 Å². The van der Waals surface area contributed by atoms with Crippen LogP contribution in [0, 0.1) is 5.82 Å². The smallest absolute Gasteiger partial charge is 0.146 e. The summed E-state index contributed by atoms with van der Waals surface area (Å²) in [5, 5.41) is 0. The van der Waals surface area contributed by atoms with Crippen molar-refractivity contribution in [1.29, 1.82) is 0 Å². The zero-order valence-electron chi connectivity index (χ0n) is 12.0. The highest BCUT2D eigenvalue weighted by atomic mass is 19.1. The molecule has 1 fully saturated rings. The molecule has 0 amide bonds. The monoisotopic (exact) mass is 264 g/mol. The van der Waals surface area contributed by atoms with Gasteiger partial charge in [-0.2, -0.15) is 0 Å². The second kappa shape index (κ2) is 6.38. The van der Waals surface area contributed by atoms with Crippen molar-refractivity contribution in [3.8, 4) is 0 Å². The minimum absolute atomic E-state index is 0.129. The first-order chi connectivity index (χ1) is 9.15. The van der Waals surface area contributed by atoms with Gasteiger partial charge in [-0.05, 0) is 37.8 Å². The standard InChI is InChI=1S/C16H25FN2/c1-3-13-8-5-4-6-11-19(13)16-14(12(2)18)9-7-10-15(16)17/h7,9-10,12-13H,3-6,8,11,18H2,1-2H3/t12-,13?/m0/s1. The second-order valence-corrected chi connectivity index (χ2v) is 5.57. The van der Waals surface area contributed by atoms with Crippen molar-refractivity contribution < 1.29 is 4.39 Å². The van der Waals surface area contributed by atoms with E-state index in [1.807, 2.05) is 13.0 Å². The van der Waals surface area contributed by atoms with Crippen LogP contribution < -0.4 is 10.6 Å². The van der Waals surface area contributed by atoms with Crippen LogP contribution in [0.4, 0.5) is 10.1 Å². The Bertz CT molecular complexity index is 417. The average molecular weight is 264 g/mol. The van der Waals surface area contributed by atoms with Crippen LogP contribution >= 0.6 is 0 Å². The molecule has 1 aliphatic rings. The van der Waals surface area contributed by atoms with E-state index in [9.17, 15) is 4.39 Å². The number of benzene rings is 1. The van der Waals surface area contributed by atoms with Crippen molar-refractivity contribution in [2.75, 3.05) is 11.4 Å². The topological polar surface area (TPSA) is 29.3 Å². The van der Waals surface area contributed by atoms with Crippen LogP contribution in [0.2, 0.25) is 0 Å². The summed E-state index contributed by atoms with van der Waals surface area (Å²) in [5.41, 5.74) is 7.70. The molecule has 1 aromatic carbocycles. The van der Waals surface area contributed by atoms with Gasteiger partial charge in [0, 0.05) is 18.6 Å². The number of hydrogen-bond donors (Lipinski definition) is 1. The maximum Gasteiger partial charge on any atom is 0.146 e. The Morgan fingerprint density at radius 1 is 1.37 bits per heavy atom. The van der Waals surface area contributed by atoms with Gasteiger partial charge in [-0.1, -0.05) is 31.9 Å². The van der Waals surface area contributed by atoms with Crippen molar-refractivity contribution in [1.82, 2.24) is 0 Å². The molecule has 2 N–H and O–H groups in total. The van der Waals surface area contributed by atoms with E-state index in [-0.39, 0.29) is 11.9 Å². The molecule has 0 aromatic heterocycles. The van der Waals surface area contributed by atoms with Gasteiger partial charge in [-0.15, -0.1) is 0 Å². The number of hydrogen-bond acceptors (Lipinski definition) is 2. The summed E-state index contributed by atoms with van der Waals surface area (Å²) in [6.07, 6.45) is 5.85. The lowest BCUT2D eigenvalue weighted by molar-refractivity contribution is 0.536.